The van der Waals surface area contributed by atoms with Gasteiger partial charge in [-0.1, -0.05) is 23.7 Å². The molecule has 1 heterocycles. The largest absolute Gasteiger partial charge is 0.358 e. The Morgan fingerprint density at radius 2 is 2.09 bits per heavy atom. The van der Waals surface area contributed by atoms with Gasteiger partial charge in [-0.25, -0.2) is 4.68 Å². The van der Waals surface area contributed by atoms with Crippen LogP contribution in [0.2, 0.25) is 5.02 Å². The molecule has 1 amide bonds. The van der Waals surface area contributed by atoms with Gasteiger partial charge in [0.05, 0.1) is 34.2 Å². The molecule has 1 aromatic carbocycles. The Bertz CT molecular complexity index is 776. The molecule has 112 valence electrons. The lowest BCUT2D eigenvalue weighted by Crippen LogP contribution is -2.32. The summed E-state index contributed by atoms with van der Waals surface area (Å²) in [5.74, 6) is -2.62. The predicted molar refractivity (Wildman–Crippen MR) is 80.8 cm³/mol. The molecule has 22 heavy (non-hydrogen) atoms. The highest BCUT2D eigenvalue weighted by molar-refractivity contribution is 6.32. The van der Waals surface area contributed by atoms with Gasteiger partial charge in [0, 0.05) is 7.05 Å². The van der Waals surface area contributed by atoms with Crippen molar-refractivity contribution in [2.75, 3.05) is 7.05 Å². The second-order valence-corrected chi connectivity index (χ2v) is 4.95. The Labute approximate surface area is 132 Å². The zero-order valence-electron chi connectivity index (χ0n) is 12.0. The van der Waals surface area contributed by atoms with Crippen molar-refractivity contribution in [3.63, 3.8) is 0 Å². The minimum atomic E-state index is -1.40. The molecule has 0 radical (unpaired) electrons. The molecule has 2 rings (SSSR count). The number of nitrogens with zero attached hydrogens (tertiary/aromatic N) is 3. The van der Waals surface area contributed by atoms with Crippen LogP contribution in [0.3, 0.4) is 0 Å². The molecule has 1 aromatic heterocycles. The number of benzene rings is 1. The molecule has 0 saturated heterocycles. The summed E-state index contributed by atoms with van der Waals surface area (Å²) in [4.78, 5) is 24.0. The number of hydrogen-bond donors (Lipinski definition) is 1. The van der Waals surface area contributed by atoms with Gasteiger partial charge in [0.1, 0.15) is 0 Å². The molecule has 0 fully saturated rings. The second-order valence-electron chi connectivity index (χ2n) is 4.55. The van der Waals surface area contributed by atoms with E-state index in [1.54, 1.807) is 37.3 Å². The molecule has 1 N–H and O–H groups in total. The number of Topliss-reactive ketones (excluding diaryl/α,β-unsaturated/α-hetero) is 1. The first-order chi connectivity index (χ1) is 10.5. The first-order valence-corrected chi connectivity index (χ1v) is 6.84. The number of para-hydroxylation sites is 1. The van der Waals surface area contributed by atoms with Gasteiger partial charge in [0.2, 0.25) is 5.91 Å². The van der Waals surface area contributed by atoms with Crippen LogP contribution in [0.25, 0.3) is 5.69 Å². The maximum atomic E-state index is 12.4. The minimum absolute atomic E-state index is 0.218. The lowest BCUT2D eigenvalue weighted by atomic mass is 9.99. The van der Waals surface area contributed by atoms with Crippen molar-refractivity contribution in [1.29, 1.82) is 5.26 Å². The van der Waals surface area contributed by atoms with Gasteiger partial charge < -0.3 is 5.32 Å². The molecule has 0 saturated carbocycles. The summed E-state index contributed by atoms with van der Waals surface area (Å²) in [6.45, 7) is 1.68. The van der Waals surface area contributed by atoms with Gasteiger partial charge in [-0.15, -0.1) is 0 Å². The zero-order chi connectivity index (χ0) is 16.3. The number of carbonyl (C=O) groups is 2. The van der Waals surface area contributed by atoms with Crippen LogP contribution in [0.4, 0.5) is 0 Å². The second kappa shape index (κ2) is 6.41. The van der Waals surface area contributed by atoms with E-state index in [9.17, 15) is 9.59 Å². The molecule has 0 aliphatic carbocycles. The van der Waals surface area contributed by atoms with E-state index in [0.717, 1.165) is 0 Å². The van der Waals surface area contributed by atoms with Gasteiger partial charge >= 0.3 is 0 Å². The lowest BCUT2D eigenvalue weighted by Gasteiger charge is -2.08. The Morgan fingerprint density at radius 1 is 1.41 bits per heavy atom. The number of nitriles is 1. The molecule has 0 bridgehead atoms. The molecule has 0 aliphatic heterocycles. The van der Waals surface area contributed by atoms with Crippen molar-refractivity contribution < 1.29 is 9.59 Å². The highest BCUT2D eigenvalue weighted by atomic mass is 35.5. The van der Waals surface area contributed by atoms with E-state index in [4.69, 9.17) is 16.9 Å². The third kappa shape index (κ3) is 2.71. The number of ketones is 1. The number of nitrogens with one attached hydrogen (secondary N) is 1. The fourth-order valence-electron chi connectivity index (χ4n) is 2.05. The van der Waals surface area contributed by atoms with Gasteiger partial charge in [0.15, 0.2) is 11.7 Å². The quantitative estimate of drug-likeness (QED) is 0.689. The number of carbonyl (C=O) groups excluding carboxylic acids is 2. The number of amides is 1. The van der Waals surface area contributed by atoms with Crippen molar-refractivity contribution in [2.24, 2.45) is 5.92 Å². The van der Waals surface area contributed by atoms with Crippen LogP contribution in [0.5, 0.6) is 0 Å². The SMILES string of the molecule is CNC(=O)[C@@H](C#N)C(=O)c1cnn(-c2ccccc2Cl)c1C. The summed E-state index contributed by atoms with van der Waals surface area (Å²) in [5, 5.41) is 16.0. The first kappa shape index (κ1) is 15.7. The number of aromatic nitrogens is 2. The lowest BCUT2D eigenvalue weighted by molar-refractivity contribution is -0.121. The summed E-state index contributed by atoms with van der Waals surface area (Å²) in [6, 6.07) is 8.77. The Balaban J connectivity index is 2.44. The van der Waals surface area contributed by atoms with Crippen molar-refractivity contribution in [3.05, 3.63) is 46.7 Å². The van der Waals surface area contributed by atoms with Crippen LogP contribution < -0.4 is 5.32 Å². The molecule has 0 aliphatic rings. The van der Waals surface area contributed by atoms with Crippen LogP contribution in [0, 0.1) is 24.2 Å². The Morgan fingerprint density at radius 3 is 2.68 bits per heavy atom. The van der Waals surface area contributed by atoms with Gasteiger partial charge in [0.25, 0.3) is 0 Å². The maximum Gasteiger partial charge on any atom is 0.245 e. The van der Waals surface area contributed by atoms with E-state index < -0.39 is 17.6 Å². The standard InChI is InChI=1S/C15H13ClN4O2/c1-9-11(14(21)10(7-17)15(22)18-2)8-19-20(9)13-6-4-3-5-12(13)16/h3-6,8,10H,1-2H3,(H,18,22)/t10-/m0/s1. The van der Waals surface area contributed by atoms with Crippen LogP contribution in [0.1, 0.15) is 16.1 Å². The van der Waals surface area contributed by atoms with E-state index in [1.807, 2.05) is 0 Å². The topological polar surface area (TPSA) is 87.8 Å². The zero-order valence-corrected chi connectivity index (χ0v) is 12.8. The van der Waals surface area contributed by atoms with Crippen molar-refractivity contribution in [3.8, 4) is 11.8 Å². The van der Waals surface area contributed by atoms with E-state index in [2.05, 4.69) is 10.4 Å². The summed E-state index contributed by atoms with van der Waals surface area (Å²) >= 11 is 6.12. The maximum absolute atomic E-state index is 12.4. The molecular formula is C15H13ClN4O2. The highest BCUT2D eigenvalue weighted by Gasteiger charge is 2.29. The monoisotopic (exact) mass is 316 g/mol. The summed E-state index contributed by atoms with van der Waals surface area (Å²) in [7, 11) is 1.37. The van der Waals surface area contributed by atoms with Crippen LogP contribution in [0.15, 0.2) is 30.5 Å². The predicted octanol–water partition coefficient (Wildman–Crippen LogP) is 1.90. The highest BCUT2D eigenvalue weighted by Crippen LogP contribution is 2.23. The fraction of sp³-hybridized carbons (Fsp3) is 0.200. The van der Waals surface area contributed by atoms with Crippen LogP contribution >= 0.6 is 11.6 Å². The van der Waals surface area contributed by atoms with E-state index in [1.165, 1.54) is 17.9 Å². The average molecular weight is 317 g/mol. The van der Waals surface area contributed by atoms with Crippen LogP contribution in [-0.2, 0) is 4.79 Å². The molecule has 6 nitrogen and oxygen atoms in total. The van der Waals surface area contributed by atoms with E-state index in [-0.39, 0.29) is 5.56 Å². The molecule has 2 aromatic rings. The minimum Gasteiger partial charge on any atom is -0.358 e. The first-order valence-electron chi connectivity index (χ1n) is 6.46. The van der Waals surface area contributed by atoms with E-state index >= 15 is 0 Å². The van der Waals surface area contributed by atoms with Gasteiger partial charge in [-0.2, -0.15) is 10.4 Å². The average Bonchev–Trinajstić information content (AvgIpc) is 2.89. The normalized spacial score (nSPS) is 11.5. The molecule has 0 spiro atoms. The summed E-state index contributed by atoms with van der Waals surface area (Å²) in [6.07, 6.45) is 1.34. The van der Waals surface area contributed by atoms with Crippen molar-refractivity contribution in [2.45, 2.75) is 6.92 Å². The van der Waals surface area contributed by atoms with Gasteiger partial charge in [-0.05, 0) is 19.1 Å². The Kier molecular flexibility index (Phi) is 4.59. The number of hydrogen-bond acceptors (Lipinski definition) is 4. The molecule has 0 unspecified atom stereocenters. The van der Waals surface area contributed by atoms with Crippen molar-refractivity contribution in [1.82, 2.24) is 15.1 Å². The van der Waals surface area contributed by atoms with E-state index in [0.29, 0.717) is 16.4 Å². The third-order valence-electron chi connectivity index (χ3n) is 3.26. The molecular weight excluding hydrogens is 304 g/mol. The molecule has 7 heteroatoms. The smallest absolute Gasteiger partial charge is 0.245 e. The van der Waals surface area contributed by atoms with Crippen molar-refractivity contribution >= 4 is 23.3 Å². The third-order valence-corrected chi connectivity index (χ3v) is 3.58. The number of rotatable bonds is 4. The fourth-order valence-corrected chi connectivity index (χ4v) is 2.27. The summed E-state index contributed by atoms with van der Waals surface area (Å²) < 4.78 is 1.51. The Hall–Kier alpha value is -2.65. The van der Waals surface area contributed by atoms with Crippen LogP contribution in [-0.4, -0.2) is 28.5 Å². The summed E-state index contributed by atoms with van der Waals surface area (Å²) in [5.41, 5.74) is 1.35. The van der Waals surface area contributed by atoms with Gasteiger partial charge in [-0.3, -0.25) is 9.59 Å². The number of halogens is 1. The molecule has 1 atom stereocenters.